The lowest BCUT2D eigenvalue weighted by Gasteiger charge is -2.30. The van der Waals surface area contributed by atoms with E-state index in [-0.39, 0.29) is 11.3 Å². The molecule has 66 valence electrons. The summed E-state index contributed by atoms with van der Waals surface area (Å²) in [6, 6.07) is 0. The largest absolute Gasteiger partial charge is 0.349 e. The molecule has 2 nitrogen and oxygen atoms in total. The fourth-order valence-corrected chi connectivity index (χ4v) is 2.39. The fourth-order valence-electron chi connectivity index (χ4n) is 2.39. The van der Waals surface area contributed by atoms with Crippen LogP contribution in [0.15, 0.2) is 11.1 Å². The van der Waals surface area contributed by atoms with Gasteiger partial charge in [-0.15, -0.1) is 0 Å². The van der Waals surface area contributed by atoms with Crippen LogP contribution in [0.2, 0.25) is 0 Å². The number of amides is 1. The van der Waals surface area contributed by atoms with Gasteiger partial charge in [0.25, 0.3) is 0 Å². The van der Waals surface area contributed by atoms with Crippen LogP contribution in [-0.4, -0.2) is 12.5 Å². The molecular formula is C10H15NO. The van der Waals surface area contributed by atoms with Crippen molar-refractivity contribution < 1.29 is 4.79 Å². The smallest absolute Gasteiger partial charge is 0.248 e. The van der Waals surface area contributed by atoms with E-state index in [0.717, 1.165) is 25.0 Å². The van der Waals surface area contributed by atoms with Crippen molar-refractivity contribution in [2.75, 3.05) is 6.54 Å². The minimum atomic E-state index is 0.119. The average molecular weight is 165 g/mol. The highest BCUT2D eigenvalue weighted by atomic mass is 16.1. The molecule has 2 heteroatoms. The second kappa shape index (κ2) is 2.35. The maximum absolute atomic E-state index is 11.5. The van der Waals surface area contributed by atoms with Gasteiger partial charge in [0.1, 0.15) is 0 Å². The summed E-state index contributed by atoms with van der Waals surface area (Å²) < 4.78 is 0. The highest BCUT2D eigenvalue weighted by Gasteiger charge is 2.37. The Morgan fingerprint density at radius 3 is 2.83 bits per heavy atom. The summed E-state index contributed by atoms with van der Waals surface area (Å²) in [5.41, 5.74) is 2.55. The summed E-state index contributed by atoms with van der Waals surface area (Å²) in [6.07, 6.45) is 3.51. The van der Waals surface area contributed by atoms with E-state index in [1.165, 1.54) is 12.0 Å². The molecule has 1 aliphatic carbocycles. The SMILES string of the molecule is CC1(C)CCCC2=C1C(=O)NC2. The van der Waals surface area contributed by atoms with E-state index in [1.54, 1.807) is 0 Å². The van der Waals surface area contributed by atoms with Crippen molar-refractivity contribution in [3.8, 4) is 0 Å². The molecule has 0 bridgehead atoms. The zero-order valence-electron chi connectivity index (χ0n) is 7.74. The first-order chi connectivity index (χ1) is 5.61. The lowest BCUT2D eigenvalue weighted by molar-refractivity contribution is -0.117. The quantitative estimate of drug-likeness (QED) is 0.580. The summed E-state index contributed by atoms with van der Waals surface area (Å²) in [5, 5.41) is 2.90. The minimum absolute atomic E-state index is 0.119. The normalized spacial score (nSPS) is 27.0. The van der Waals surface area contributed by atoms with Gasteiger partial charge in [0.05, 0.1) is 0 Å². The van der Waals surface area contributed by atoms with Crippen LogP contribution in [0.1, 0.15) is 33.1 Å². The molecule has 1 heterocycles. The molecule has 1 aliphatic heterocycles. The molecule has 0 saturated heterocycles. The van der Waals surface area contributed by atoms with Gasteiger partial charge in [-0.05, 0) is 30.3 Å². The second-order valence-electron chi connectivity index (χ2n) is 4.40. The van der Waals surface area contributed by atoms with E-state index >= 15 is 0 Å². The van der Waals surface area contributed by atoms with Crippen LogP contribution in [0, 0.1) is 5.41 Å². The van der Waals surface area contributed by atoms with Gasteiger partial charge in [-0.25, -0.2) is 0 Å². The van der Waals surface area contributed by atoms with E-state index in [1.807, 2.05) is 0 Å². The number of carbonyl (C=O) groups is 1. The molecule has 2 rings (SSSR count). The molecular weight excluding hydrogens is 150 g/mol. The monoisotopic (exact) mass is 165 g/mol. The van der Waals surface area contributed by atoms with Crippen molar-refractivity contribution in [3.05, 3.63) is 11.1 Å². The van der Waals surface area contributed by atoms with Gasteiger partial charge in [0, 0.05) is 12.1 Å². The second-order valence-corrected chi connectivity index (χ2v) is 4.40. The lowest BCUT2D eigenvalue weighted by Crippen LogP contribution is -2.26. The van der Waals surface area contributed by atoms with Crippen molar-refractivity contribution >= 4 is 5.91 Å². The van der Waals surface area contributed by atoms with E-state index < -0.39 is 0 Å². The molecule has 1 amide bonds. The summed E-state index contributed by atoms with van der Waals surface area (Å²) in [6.45, 7) is 5.15. The molecule has 12 heavy (non-hydrogen) atoms. The standard InChI is InChI=1S/C10H15NO/c1-10(2)5-3-4-7-6-11-9(12)8(7)10/h3-6H2,1-2H3,(H,11,12). The predicted molar refractivity (Wildman–Crippen MR) is 47.7 cm³/mol. The lowest BCUT2D eigenvalue weighted by atomic mass is 9.73. The average Bonchev–Trinajstić information content (AvgIpc) is 2.32. The van der Waals surface area contributed by atoms with E-state index in [0.29, 0.717) is 0 Å². The first-order valence-electron chi connectivity index (χ1n) is 4.62. The molecule has 0 aromatic carbocycles. The van der Waals surface area contributed by atoms with Crippen LogP contribution < -0.4 is 5.32 Å². The van der Waals surface area contributed by atoms with Crippen molar-refractivity contribution in [2.45, 2.75) is 33.1 Å². The minimum Gasteiger partial charge on any atom is -0.349 e. The maximum atomic E-state index is 11.5. The van der Waals surface area contributed by atoms with Crippen LogP contribution in [0.5, 0.6) is 0 Å². The summed E-state index contributed by atoms with van der Waals surface area (Å²) in [5.74, 6) is 0.176. The Morgan fingerprint density at radius 2 is 2.17 bits per heavy atom. The molecule has 0 aromatic heterocycles. The van der Waals surface area contributed by atoms with Crippen molar-refractivity contribution in [3.63, 3.8) is 0 Å². The molecule has 0 saturated carbocycles. The van der Waals surface area contributed by atoms with Crippen LogP contribution in [0.25, 0.3) is 0 Å². The van der Waals surface area contributed by atoms with Gasteiger partial charge >= 0.3 is 0 Å². The highest BCUT2D eigenvalue weighted by molar-refractivity contribution is 5.98. The number of hydrogen-bond acceptors (Lipinski definition) is 1. The Balaban J connectivity index is 2.43. The number of hydrogen-bond donors (Lipinski definition) is 1. The molecule has 0 radical (unpaired) electrons. The first-order valence-corrected chi connectivity index (χ1v) is 4.62. The molecule has 0 unspecified atom stereocenters. The maximum Gasteiger partial charge on any atom is 0.248 e. The number of rotatable bonds is 0. The van der Waals surface area contributed by atoms with Gasteiger partial charge < -0.3 is 5.32 Å². The zero-order valence-corrected chi connectivity index (χ0v) is 7.74. The molecule has 0 fully saturated rings. The Hall–Kier alpha value is -0.790. The predicted octanol–water partition coefficient (Wildman–Crippen LogP) is 1.62. The van der Waals surface area contributed by atoms with E-state index in [2.05, 4.69) is 19.2 Å². The van der Waals surface area contributed by atoms with Gasteiger partial charge in [-0.3, -0.25) is 4.79 Å². The molecule has 0 spiro atoms. The van der Waals surface area contributed by atoms with E-state index in [9.17, 15) is 4.79 Å². The van der Waals surface area contributed by atoms with E-state index in [4.69, 9.17) is 0 Å². The van der Waals surface area contributed by atoms with Crippen LogP contribution in [0.4, 0.5) is 0 Å². The third-order valence-corrected chi connectivity index (χ3v) is 3.00. The zero-order chi connectivity index (χ0) is 8.77. The summed E-state index contributed by atoms with van der Waals surface area (Å²) in [4.78, 5) is 11.5. The first kappa shape index (κ1) is 7.84. The van der Waals surface area contributed by atoms with Crippen LogP contribution in [0.3, 0.4) is 0 Å². The van der Waals surface area contributed by atoms with Crippen LogP contribution >= 0.6 is 0 Å². The van der Waals surface area contributed by atoms with Gasteiger partial charge in [0.2, 0.25) is 5.91 Å². The molecule has 1 N–H and O–H groups in total. The van der Waals surface area contributed by atoms with Crippen molar-refractivity contribution in [1.29, 1.82) is 0 Å². The Morgan fingerprint density at radius 1 is 1.42 bits per heavy atom. The molecule has 2 aliphatic rings. The molecule has 0 aromatic rings. The topological polar surface area (TPSA) is 29.1 Å². The summed E-state index contributed by atoms with van der Waals surface area (Å²) >= 11 is 0. The highest BCUT2D eigenvalue weighted by Crippen LogP contribution is 2.41. The Bertz CT molecular complexity index is 263. The summed E-state index contributed by atoms with van der Waals surface area (Å²) in [7, 11) is 0. The number of nitrogens with one attached hydrogen (secondary N) is 1. The van der Waals surface area contributed by atoms with Crippen LogP contribution in [-0.2, 0) is 4.79 Å². The van der Waals surface area contributed by atoms with Crippen molar-refractivity contribution in [1.82, 2.24) is 5.32 Å². The van der Waals surface area contributed by atoms with Gasteiger partial charge in [-0.2, -0.15) is 0 Å². The van der Waals surface area contributed by atoms with Crippen molar-refractivity contribution in [2.24, 2.45) is 5.41 Å². The molecule has 0 atom stereocenters. The third-order valence-electron chi connectivity index (χ3n) is 3.00. The van der Waals surface area contributed by atoms with Gasteiger partial charge in [0.15, 0.2) is 0 Å². The Kier molecular flexibility index (Phi) is 1.53. The number of carbonyl (C=O) groups excluding carboxylic acids is 1. The Labute approximate surface area is 73.0 Å². The fraction of sp³-hybridized carbons (Fsp3) is 0.700. The third kappa shape index (κ3) is 0.977. The van der Waals surface area contributed by atoms with Gasteiger partial charge in [-0.1, -0.05) is 13.8 Å².